The fourth-order valence-corrected chi connectivity index (χ4v) is 6.28. The van der Waals surface area contributed by atoms with E-state index in [1.54, 1.807) is 41.4 Å². The molecule has 0 saturated carbocycles. The first-order valence-electron chi connectivity index (χ1n) is 14.0. The molecule has 0 fully saturated rings. The molecule has 0 unspecified atom stereocenters. The molecule has 5 rings (SSSR count). The Bertz CT molecular complexity index is 1760. The van der Waals surface area contributed by atoms with Gasteiger partial charge in [-0.3, -0.25) is 9.78 Å². The number of rotatable bonds is 4. The van der Waals surface area contributed by atoms with Crippen LogP contribution < -0.4 is 15.2 Å². The van der Waals surface area contributed by atoms with E-state index in [0.717, 1.165) is 16.7 Å². The molecule has 1 aliphatic heterocycles. The number of aryl methyl sites for hydroxylation is 2. The monoisotopic (exact) mass is 600 g/mol. The second-order valence-electron chi connectivity index (χ2n) is 12.0. The Labute approximate surface area is 252 Å². The van der Waals surface area contributed by atoms with Crippen molar-refractivity contribution in [2.75, 3.05) is 17.1 Å². The number of sulfonamides is 1. The Morgan fingerprint density at radius 2 is 1.74 bits per heavy atom. The van der Waals surface area contributed by atoms with Crippen LogP contribution in [0.25, 0.3) is 11.3 Å². The van der Waals surface area contributed by atoms with E-state index in [0.29, 0.717) is 23.5 Å². The van der Waals surface area contributed by atoms with Gasteiger partial charge in [-0.05, 0) is 67.1 Å². The smallest absolute Gasteiger partial charge is 0.264 e. The predicted molar refractivity (Wildman–Crippen MR) is 166 cm³/mol. The quantitative estimate of drug-likeness (QED) is 0.318. The number of nitrogen functional groups attached to an aromatic ring is 1. The van der Waals surface area contributed by atoms with Gasteiger partial charge in [-0.25, -0.2) is 18.1 Å². The number of hydrogen-bond donors (Lipinski definition) is 2. The summed E-state index contributed by atoms with van der Waals surface area (Å²) < 4.78 is 35.9. The zero-order valence-electron chi connectivity index (χ0n) is 25.0. The fraction of sp³-hybridized carbons (Fsp3) is 0.312. The summed E-state index contributed by atoms with van der Waals surface area (Å²) in [6.45, 7) is 10.4. The van der Waals surface area contributed by atoms with Gasteiger partial charge in [-0.2, -0.15) is 4.98 Å². The third kappa shape index (κ3) is 6.77. The van der Waals surface area contributed by atoms with Crippen LogP contribution in [0.3, 0.4) is 0 Å². The molecular weight excluding hydrogens is 564 g/mol. The Morgan fingerprint density at radius 1 is 1.02 bits per heavy atom. The molecule has 1 atom stereocenters. The van der Waals surface area contributed by atoms with Gasteiger partial charge in [0.05, 0.1) is 34.6 Å². The number of pyridine rings is 1. The van der Waals surface area contributed by atoms with Crippen molar-refractivity contribution in [3.63, 3.8) is 0 Å². The number of carbonyl (C=O) groups is 1. The highest BCUT2D eigenvalue weighted by Gasteiger charge is 2.32. The van der Waals surface area contributed by atoms with Crippen molar-refractivity contribution in [1.29, 1.82) is 0 Å². The van der Waals surface area contributed by atoms with Gasteiger partial charge in [-0.15, -0.1) is 0 Å². The van der Waals surface area contributed by atoms with Gasteiger partial charge in [0.2, 0.25) is 11.8 Å². The zero-order valence-corrected chi connectivity index (χ0v) is 25.8. The van der Waals surface area contributed by atoms with Crippen LogP contribution in [0, 0.1) is 19.3 Å². The summed E-state index contributed by atoms with van der Waals surface area (Å²) in [6.07, 6.45) is 2.20. The number of nitrogens with zero attached hydrogens (tertiary/aromatic N) is 4. The molecule has 1 aliphatic rings. The number of nitrogens with two attached hydrogens (primary N) is 1. The summed E-state index contributed by atoms with van der Waals surface area (Å²) in [4.78, 5) is 29.2. The highest BCUT2D eigenvalue weighted by atomic mass is 32.2. The number of amides is 1. The molecule has 3 N–H and O–H groups in total. The van der Waals surface area contributed by atoms with E-state index >= 15 is 0 Å². The summed E-state index contributed by atoms with van der Waals surface area (Å²) >= 11 is 0. The van der Waals surface area contributed by atoms with Crippen molar-refractivity contribution in [3.8, 4) is 17.1 Å². The maximum absolute atomic E-state index is 14.2. The van der Waals surface area contributed by atoms with Crippen molar-refractivity contribution in [2.45, 2.75) is 58.5 Å². The number of anilines is 2. The van der Waals surface area contributed by atoms with Crippen molar-refractivity contribution >= 4 is 27.6 Å². The van der Waals surface area contributed by atoms with Crippen LogP contribution in [0.1, 0.15) is 54.4 Å². The second-order valence-corrected chi connectivity index (χ2v) is 13.7. The van der Waals surface area contributed by atoms with Crippen LogP contribution in [-0.4, -0.2) is 46.8 Å². The van der Waals surface area contributed by atoms with E-state index in [4.69, 9.17) is 10.5 Å². The van der Waals surface area contributed by atoms with E-state index in [2.05, 4.69) is 40.4 Å². The Kier molecular flexibility index (Phi) is 8.11. The molecule has 4 aromatic rings. The van der Waals surface area contributed by atoms with Crippen LogP contribution in [0.5, 0.6) is 5.88 Å². The molecule has 11 heteroatoms. The molecular formula is C32H36N6O4S. The number of benzene rings is 2. The lowest BCUT2D eigenvalue weighted by Crippen LogP contribution is -2.45. The molecule has 3 heterocycles. The minimum absolute atomic E-state index is 0.0881. The van der Waals surface area contributed by atoms with Crippen LogP contribution in [0.4, 0.5) is 11.6 Å². The lowest BCUT2D eigenvalue weighted by Gasteiger charge is -2.35. The summed E-state index contributed by atoms with van der Waals surface area (Å²) in [7, 11) is -4.16. The lowest BCUT2D eigenvalue weighted by atomic mass is 9.87. The topological polar surface area (TPSA) is 140 Å². The van der Waals surface area contributed by atoms with Gasteiger partial charge in [0.1, 0.15) is 6.61 Å². The summed E-state index contributed by atoms with van der Waals surface area (Å²) in [5.41, 5.74) is 10.6. The first-order valence-corrected chi connectivity index (χ1v) is 15.5. The zero-order chi connectivity index (χ0) is 30.9. The molecule has 2 aromatic carbocycles. The van der Waals surface area contributed by atoms with Gasteiger partial charge in [0, 0.05) is 23.4 Å². The molecule has 1 amide bonds. The van der Waals surface area contributed by atoms with Crippen molar-refractivity contribution in [2.24, 2.45) is 5.41 Å². The first kappa shape index (κ1) is 30.0. The molecule has 0 saturated heterocycles. The fourth-order valence-electron chi connectivity index (χ4n) is 5.29. The Hall–Kier alpha value is -4.51. The van der Waals surface area contributed by atoms with E-state index in [1.165, 1.54) is 12.1 Å². The average Bonchev–Trinajstić information content (AvgIpc) is 2.93. The number of aromatic nitrogens is 3. The first-order chi connectivity index (χ1) is 20.3. The molecule has 10 nitrogen and oxygen atoms in total. The number of nitrogens with one attached hydrogen (secondary N) is 1. The van der Waals surface area contributed by atoms with Crippen LogP contribution in [0.15, 0.2) is 71.8 Å². The van der Waals surface area contributed by atoms with Gasteiger partial charge >= 0.3 is 0 Å². The minimum Gasteiger partial charge on any atom is -0.475 e. The molecule has 0 spiro atoms. The second kappa shape index (κ2) is 11.6. The largest absolute Gasteiger partial charge is 0.475 e. The highest BCUT2D eigenvalue weighted by molar-refractivity contribution is 7.92. The summed E-state index contributed by atoms with van der Waals surface area (Å²) in [5, 5.41) is 0. The number of hydrogen-bond acceptors (Lipinski definition) is 8. The van der Waals surface area contributed by atoms with Gasteiger partial charge in [0.15, 0.2) is 0 Å². The number of fused-ring (bicyclic) bond motifs is 4. The summed E-state index contributed by atoms with van der Waals surface area (Å²) in [6, 6.07) is 16.6. The number of ether oxygens (including phenoxy) is 1. The minimum atomic E-state index is -4.16. The van der Waals surface area contributed by atoms with E-state index in [-0.39, 0.29) is 46.8 Å². The maximum atomic E-state index is 14.2. The van der Waals surface area contributed by atoms with Crippen LogP contribution in [-0.2, 0) is 16.6 Å². The molecule has 0 radical (unpaired) electrons. The third-order valence-corrected chi connectivity index (χ3v) is 8.60. The molecule has 0 aliphatic carbocycles. The molecule has 2 aromatic heterocycles. The third-order valence-electron chi connectivity index (χ3n) is 7.28. The summed E-state index contributed by atoms with van der Waals surface area (Å²) in [5.74, 6) is -0.315. The van der Waals surface area contributed by atoms with Crippen LogP contribution >= 0.6 is 0 Å². The molecule has 4 bridgehead atoms. The standard InChI is InChI=1S/C32H36N6O4S/c1-20-9-6-10-21(2)29(20)26-16-28-36-31(35-26)37-43(40,41)24-12-7-11-22(15-24)30(39)38(18-27-25(33)13-8-14-34-27)23(19-42-28)17-32(3,4)5/h6-16,23H,17-19,33H2,1-5H3,(H,35,36,37)/t23-/m1/s1. The normalized spacial score (nSPS) is 16.7. The number of carbonyl (C=O) groups excluding carboxylic acids is 1. The van der Waals surface area contributed by atoms with Crippen molar-refractivity contribution in [1.82, 2.24) is 19.9 Å². The Balaban J connectivity index is 1.69. The Morgan fingerprint density at radius 3 is 2.44 bits per heavy atom. The van der Waals surface area contributed by atoms with E-state index in [9.17, 15) is 13.2 Å². The van der Waals surface area contributed by atoms with Gasteiger partial charge in [-0.1, -0.05) is 45.0 Å². The average molecular weight is 601 g/mol. The molecule has 224 valence electrons. The van der Waals surface area contributed by atoms with Gasteiger partial charge in [0.25, 0.3) is 15.9 Å². The molecule has 43 heavy (non-hydrogen) atoms. The predicted octanol–water partition coefficient (Wildman–Crippen LogP) is 5.38. The van der Waals surface area contributed by atoms with Crippen LogP contribution in [0.2, 0.25) is 0 Å². The SMILES string of the molecule is Cc1cccc(C)c1-c1cc2nc(n1)NS(=O)(=O)c1cccc(c1)C(=O)N(Cc1ncccc1N)[C@H](CC(C)(C)C)CO2. The van der Waals surface area contributed by atoms with E-state index in [1.807, 2.05) is 32.0 Å². The lowest BCUT2D eigenvalue weighted by molar-refractivity contribution is 0.0510. The highest BCUT2D eigenvalue weighted by Crippen LogP contribution is 2.32. The maximum Gasteiger partial charge on any atom is 0.264 e. The van der Waals surface area contributed by atoms with E-state index < -0.39 is 16.1 Å². The van der Waals surface area contributed by atoms with Gasteiger partial charge < -0.3 is 15.4 Å². The van der Waals surface area contributed by atoms with Crippen molar-refractivity contribution < 1.29 is 17.9 Å². The van der Waals surface area contributed by atoms with Crippen molar-refractivity contribution in [3.05, 3.63) is 89.2 Å².